The molecule has 0 fully saturated rings. The topological polar surface area (TPSA) is 35.2 Å². The Labute approximate surface area is 82.8 Å². The van der Waals surface area contributed by atoms with Crippen LogP contribution in [0.4, 0.5) is 8.78 Å². The SMILES string of the molecule is NCc1ccc(Br)cc1OC(F)F. The molecular formula is C8H8BrF2NO. The molecule has 0 bridgehead atoms. The summed E-state index contributed by atoms with van der Waals surface area (Å²) in [5, 5.41) is 0. The lowest BCUT2D eigenvalue weighted by atomic mass is 10.2. The van der Waals surface area contributed by atoms with Crippen LogP contribution in [0, 0.1) is 0 Å². The van der Waals surface area contributed by atoms with E-state index in [0.717, 1.165) is 0 Å². The Morgan fingerprint density at radius 1 is 1.46 bits per heavy atom. The van der Waals surface area contributed by atoms with Gasteiger partial charge in [-0.2, -0.15) is 8.78 Å². The van der Waals surface area contributed by atoms with Gasteiger partial charge in [-0.05, 0) is 12.1 Å². The summed E-state index contributed by atoms with van der Waals surface area (Å²) in [6, 6.07) is 4.83. The molecule has 0 amide bonds. The van der Waals surface area contributed by atoms with Crippen molar-refractivity contribution in [3.8, 4) is 5.75 Å². The molecule has 1 rings (SSSR count). The van der Waals surface area contributed by atoms with Crippen LogP contribution in [0.25, 0.3) is 0 Å². The molecule has 0 unspecified atom stereocenters. The van der Waals surface area contributed by atoms with Gasteiger partial charge in [-0.3, -0.25) is 0 Å². The molecule has 0 aliphatic rings. The average Bonchev–Trinajstić information content (AvgIpc) is 2.03. The number of halogens is 3. The lowest BCUT2D eigenvalue weighted by Gasteiger charge is -2.09. The number of nitrogens with two attached hydrogens (primary N) is 1. The van der Waals surface area contributed by atoms with Crippen molar-refractivity contribution < 1.29 is 13.5 Å². The number of rotatable bonds is 3. The van der Waals surface area contributed by atoms with Gasteiger partial charge in [0, 0.05) is 16.6 Å². The normalized spacial score (nSPS) is 10.5. The smallest absolute Gasteiger partial charge is 0.387 e. The van der Waals surface area contributed by atoms with Crippen molar-refractivity contribution in [2.75, 3.05) is 0 Å². The van der Waals surface area contributed by atoms with E-state index in [-0.39, 0.29) is 12.3 Å². The highest BCUT2D eigenvalue weighted by Gasteiger charge is 2.08. The minimum atomic E-state index is -2.82. The molecule has 5 heteroatoms. The Balaban J connectivity index is 2.94. The van der Waals surface area contributed by atoms with Gasteiger partial charge in [-0.25, -0.2) is 0 Å². The molecule has 0 aromatic heterocycles. The number of hydrogen-bond acceptors (Lipinski definition) is 2. The fourth-order valence-corrected chi connectivity index (χ4v) is 1.24. The molecule has 0 atom stereocenters. The summed E-state index contributed by atoms with van der Waals surface area (Å²) >= 11 is 3.15. The van der Waals surface area contributed by atoms with E-state index in [0.29, 0.717) is 10.0 Å². The number of benzene rings is 1. The Hall–Kier alpha value is -0.680. The van der Waals surface area contributed by atoms with Crippen LogP contribution >= 0.6 is 15.9 Å². The summed E-state index contributed by atoms with van der Waals surface area (Å²) in [5.41, 5.74) is 5.90. The predicted molar refractivity (Wildman–Crippen MR) is 48.7 cm³/mol. The van der Waals surface area contributed by atoms with E-state index >= 15 is 0 Å². The van der Waals surface area contributed by atoms with Crippen molar-refractivity contribution in [1.82, 2.24) is 0 Å². The zero-order chi connectivity index (χ0) is 9.84. The summed E-state index contributed by atoms with van der Waals surface area (Å²) in [5.74, 6) is 0.117. The second-order valence-corrected chi connectivity index (χ2v) is 3.25. The monoisotopic (exact) mass is 251 g/mol. The van der Waals surface area contributed by atoms with Crippen molar-refractivity contribution in [3.63, 3.8) is 0 Å². The van der Waals surface area contributed by atoms with E-state index in [2.05, 4.69) is 20.7 Å². The Kier molecular flexibility index (Phi) is 3.62. The van der Waals surface area contributed by atoms with E-state index in [1.54, 1.807) is 12.1 Å². The fourth-order valence-electron chi connectivity index (χ4n) is 0.903. The molecule has 72 valence electrons. The zero-order valence-electron chi connectivity index (χ0n) is 6.64. The van der Waals surface area contributed by atoms with Crippen LogP contribution in [-0.2, 0) is 6.54 Å². The molecule has 0 heterocycles. The highest BCUT2D eigenvalue weighted by molar-refractivity contribution is 9.10. The third-order valence-electron chi connectivity index (χ3n) is 1.47. The van der Waals surface area contributed by atoms with E-state index in [1.807, 2.05) is 0 Å². The lowest BCUT2D eigenvalue weighted by Crippen LogP contribution is -2.06. The standard InChI is InChI=1S/C8H8BrF2NO/c9-6-2-1-5(4-12)7(3-6)13-8(10)11/h1-3,8H,4,12H2. The lowest BCUT2D eigenvalue weighted by molar-refractivity contribution is -0.0504. The highest BCUT2D eigenvalue weighted by atomic mass is 79.9. The number of ether oxygens (including phenoxy) is 1. The Morgan fingerprint density at radius 2 is 2.15 bits per heavy atom. The third-order valence-corrected chi connectivity index (χ3v) is 1.96. The first kappa shape index (κ1) is 10.4. The van der Waals surface area contributed by atoms with Crippen molar-refractivity contribution in [3.05, 3.63) is 28.2 Å². The van der Waals surface area contributed by atoms with Crippen LogP contribution in [0.5, 0.6) is 5.75 Å². The molecule has 0 aliphatic carbocycles. The van der Waals surface area contributed by atoms with Gasteiger partial charge in [0.05, 0.1) is 0 Å². The summed E-state index contributed by atoms with van der Waals surface area (Å²) < 4.78 is 28.7. The highest BCUT2D eigenvalue weighted by Crippen LogP contribution is 2.24. The van der Waals surface area contributed by atoms with Crippen molar-refractivity contribution >= 4 is 15.9 Å². The van der Waals surface area contributed by atoms with Crippen LogP contribution < -0.4 is 10.5 Å². The first-order valence-corrected chi connectivity index (χ1v) is 4.36. The third kappa shape index (κ3) is 2.93. The number of alkyl halides is 2. The minimum absolute atomic E-state index is 0.117. The molecule has 2 N–H and O–H groups in total. The molecule has 1 aromatic rings. The minimum Gasteiger partial charge on any atom is -0.434 e. The van der Waals surface area contributed by atoms with Crippen LogP contribution in [-0.4, -0.2) is 6.61 Å². The second kappa shape index (κ2) is 4.53. The Morgan fingerprint density at radius 3 is 2.69 bits per heavy atom. The van der Waals surface area contributed by atoms with Gasteiger partial charge in [0.1, 0.15) is 5.75 Å². The van der Waals surface area contributed by atoms with Gasteiger partial charge in [-0.15, -0.1) is 0 Å². The van der Waals surface area contributed by atoms with Crippen LogP contribution in [0.2, 0.25) is 0 Å². The quantitative estimate of drug-likeness (QED) is 0.896. The van der Waals surface area contributed by atoms with Crippen molar-refractivity contribution in [2.24, 2.45) is 5.73 Å². The summed E-state index contributed by atoms with van der Waals surface area (Å²) in [7, 11) is 0. The largest absolute Gasteiger partial charge is 0.434 e. The molecule has 0 saturated carbocycles. The van der Waals surface area contributed by atoms with Gasteiger partial charge in [0.15, 0.2) is 0 Å². The molecule has 0 spiro atoms. The molecular weight excluding hydrogens is 244 g/mol. The first-order chi connectivity index (χ1) is 6.13. The van der Waals surface area contributed by atoms with Gasteiger partial charge in [0.2, 0.25) is 0 Å². The molecule has 13 heavy (non-hydrogen) atoms. The fraction of sp³-hybridized carbons (Fsp3) is 0.250. The second-order valence-electron chi connectivity index (χ2n) is 2.33. The maximum Gasteiger partial charge on any atom is 0.387 e. The van der Waals surface area contributed by atoms with Crippen LogP contribution in [0.3, 0.4) is 0 Å². The summed E-state index contributed by atoms with van der Waals surface area (Å²) in [6.45, 7) is -2.64. The maximum atomic E-state index is 11.9. The summed E-state index contributed by atoms with van der Waals surface area (Å²) in [4.78, 5) is 0. The summed E-state index contributed by atoms with van der Waals surface area (Å²) in [6.07, 6.45) is 0. The van der Waals surface area contributed by atoms with Gasteiger partial charge in [0.25, 0.3) is 0 Å². The predicted octanol–water partition coefficient (Wildman–Crippen LogP) is 2.51. The molecule has 2 nitrogen and oxygen atoms in total. The Bertz CT molecular complexity index is 293. The first-order valence-electron chi connectivity index (χ1n) is 3.57. The van der Waals surface area contributed by atoms with Crippen LogP contribution in [0.15, 0.2) is 22.7 Å². The van der Waals surface area contributed by atoms with Gasteiger partial charge >= 0.3 is 6.61 Å². The molecule has 0 saturated heterocycles. The zero-order valence-corrected chi connectivity index (χ0v) is 8.22. The van der Waals surface area contributed by atoms with Crippen molar-refractivity contribution in [1.29, 1.82) is 0 Å². The number of hydrogen-bond donors (Lipinski definition) is 1. The maximum absolute atomic E-state index is 11.9. The van der Waals surface area contributed by atoms with E-state index in [1.165, 1.54) is 6.07 Å². The molecule has 1 aromatic carbocycles. The van der Waals surface area contributed by atoms with Crippen molar-refractivity contribution in [2.45, 2.75) is 13.2 Å². The molecule has 0 aliphatic heterocycles. The van der Waals surface area contributed by atoms with Crippen LogP contribution in [0.1, 0.15) is 5.56 Å². The van der Waals surface area contributed by atoms with Gasteiger partial charge in [-0.1, -0.05) is 22.0 Å². The average molecular weight is 252 g/mol. The van der Waals surface area contributed by atoms with Gasteiger partial charge < -0.3 is 10.5 Å². The van der Waals surface area contributed by atoms with E-state index in [4.69, 9.17) is 5.73 Å². The van der Waals surface area contributed by atoms with E-state index < -0.39 is 6.61 Å². The molecule has 0 radical (unpaired) electrons. The van der Waals surface area contributed by atoms with E-state index in [9.17, 15) is 8.78 Å².